The molecule has 0 amide bonds. The van der Waals surface area contributed by atoms with Gasteiger partial charge in [0.2, 0.25) is 0 Å². The average molecular weight is 221 g/mol. The second kappa shape index (κ2) is 6.85. The largest absolute Gasteiger partial charge is 0.409 e. The monoisotopic (exact) mass is 221 g/mol. The zero-order valence-electron chi connectivity index (χ0n) is 9.56. The Hall–Kier alpha value is -1.55. The summed E-state index contributed by atoms with van der Waals surface area (Å²) >= 11 is 0. The Labute approximate surface area is 96.2 Å². The summed E-state index contributed by atoms with van der Waals surface area (Å²) in [6.45, 7) is 2.98. The predicted molar refractivity (Wildman–Crippen MR) is 65.5 cm³/mol. The van der Waals surface area contributed by atoms with Gasteiger partial charge in [-0.25, -0.2) is 0 Å². The molecule has 16 heavy (non-hydrogen) atoms. The van der Waals surface area contributed by atoms with Crippen molar-refractivity contribution in [2.45, 2.75) is 25.8 Å². The van der Waals surface area contributed by atoms with Gasteiger partial charge in [-0.3, -0.25) is 0 Å². The van der Waals surface area contributed by atoms with Crippen molar-refractivity contribution in [3.05, 3.63) is 35.9 Å². The number of oxime groups is 1. The van der Waals surface area contributed by atoms with Gasteiger partial charge in [-0.1, -0.05) is 35.5 Å². The smallest absolute Gasteiger partial charge is 0.139 e. The zero-order valence-corrected chi connectivity index (χ0v) is 9.56. The SMILES string of the molecule is CC(NCCCC(N)=NO)c1ccccc1. The van der Waals surface area contributed by atoms with Crippen LogP contribution in [0.15, 0.2) is 35.5 Å². The van der Waals surface area contributed by atoms with Crippen LogP contribution in [0.3, 0.4) is 0 Å². The van der Waals surface area contributed by atoms with E-state index in [2.05, 4.69) is 29.5 Å². The summed E-state index contributed by atoms with van der Waals surface area (Å²) in [5.41, 5.74) is 6.64. The number of amidine groups is 1. The summed E-state index contributed by atoms with van der Waals surface area (Å²) in [6, 6.07) is 10.6. The fraction of sp³-hybridized carbons (Fsp3) is 0.417. The number of nitrogens with zero attached hydrogens (tertiary/aromatic N) is 1. The number of nitrogens with one attached hydrogen (secondary N) is 1. The molecule has 1 rings (SSSR count). The van der Waals surface area contributed by atoms with Crippen LogP contribution in [0, 0.1) is 0 Å². The zero-order chi connectivity index (χ0) is 11.8. The van der Waals surface area contributed by atoms with Gasteiger partial charge in [-0.15, -0.1) is 0 Å². The second-order valence-electron chi connectivity index (χ2n) is 3.78. The third-order valence-electron chi connectivity index (χ3n) is 2.49. The first-order valence-electron chi connectivity index (χ1n) is 5.48. The predicted octanol–water partition coefficient (Wildman–Crippen LogP) is 1.86. The highest BCUT2D eigenvalue weighted by Gasteiger charge is 2.02. The molecule has 0 saturated carbocycles. The Kier molecular flexibility index (Phi) is 5.36. The molecule has 0 spiro atoms. The van der Waals surface area contributed by atoms with Crippen molar-refractivity contribution in [2.75, 3.05) is 6.54 Å². The maximum atomic E-state index is 8.36. The van der Waals surface area contributed by atoms with Crippen molar-refractivity contribution in [3.8, 4) is 0 Å². The molecule has 0 aromatic heterocycles. The molecule has 88 valence electrons. The van der Waals surface area contributed by atoms with E-state index >= 15 is 0 Å². The molecule has 0 fully saturated rings. The van der Waals surface area contributed by atoms with E-state index in [4.69, 9.17) is 10.9 Å². The summed E-state index contributed by atoms with van der Waals surface area (Å²) in [6.07, 6.45) is 1.48. The highest BCUT2D eigenvalue weighted by atomic mass is 16.4. The highest BCUT2D eigenvalue weighted by Crippen LogP contribution is 2.10. The molecule has 0 aliphatic carbocycles. The molecule has 0 radical (unpaired) electrons. The molecule has 0 aliphatic rings. The summed E-state index contributed by atoms with van der Waals surface area (Å²) in [7, 11) is 0. The first-order valence-corrected chi connectivity index (χ1v) is 5.48. The molecule has 0 bridgehead atoms. The van der Waals surface area contributed by atoms with E-state index in [0.29, 0.717) is 12.5 Å². The molecule has 1 aromatic rings. The van der Waals surface area contributed by atoms with Crippen LogP contribution >= 0.6 is 0 Å². The van der Waals surface area contributed by atoms with Crippen LogP contribution in [-0.2, 0) is 0 Å². The average Bonchev–Trinajstić information content (AvgIpc) is 2.35. The van der Waals surface area contributed by atoms with Gasteiger partial charge in [-0.05, 0) is 25.5 Å². The minimum Gasteiger partial charge on any atom is -0.409 e. The Morgan fingerprint density at radius 1 is 1.44 bits per heavy atom. The molecule has 4 heteroatoms. The number of rotatable bonds is 6. The maximum Gasteiger partial charge on any atom is 0.139 e. The van der Waals surface area contributed by atoms with Gasteiger partial charge in [0, 0.05) is 12.5 Å². The van der Waals surface area contributed by atoms with Crippen molar-refractivity contribution in [3.63, 3.8) is 0 Å². The van der Waals surface area contributed by atoms with Gasteiger partial charge in [0.25, 0.3) is 0 Å². The fourth-order valence-corrected chi connectivity index (χ4v) is 1.50. The summed E-state index contributed by atoms with van der Waals surface area (Å²) in [5.74, 6) is 0.286. The number of nitrogens with two attached hydrogens (primary N) is 1. The molecule has 1 aromatic carbocycles. The van der Waals surface area contributed by atoms with Crippen LogP contribution in [0.2, 0.25) is 0 Å². The molecule has 0 saturated heterocycles. The van der Waals surface area contributed by atoms with Gasteiger partial charge in [-0.2, -0.15) is 0 Å². The van der Waals surface area contributed by atoms with Crippen molar-refractivity contribution >= 4 is 5.84 Å². The van der Waals surface area contributed by atoms with Crippen LogP contribution < -0.4 is 11.1 Å². The number of hydrogen-bond acceptors (Lipinski definition) is 3. The minimum atomic E-state index is 0.286. The van der Waals surface area contributed by atoms with Gasteiger partial charge >= 0.3 is 0 Å². The molecule has 1 unspecified atom stereocenters. The third-order valence-corrected chi connectivity index (χ3v) is 2.49. The van der Waals surface area contributed by atoms with Crippen LogP contribution in [-0.4, -0.2) is 17.6 Å². The first kappa shape index (κ1) is 12.5. The lowest BCUT2D eigenvalue weighted by Gasteiger charge is -2.13. The quantitative estimate of drug-likeness (QED) is 0.226. The first-order chi connectivity index (χ1) is 7.74. The van der Waals surface area contributed by atoms with Crippen molar-refractivity contribution in [1.29, 1.82) is 0 Å². The normalized spacial score (nSPS) is 13.7. The molecule has 1 atom stereocenters. The molecular formula is C12H19N3O. The van der Waals surface area contributed by atoms with E-state index in [1.165, 1.54) is 5.56 Å². The molecular weight excluding hydrogens is 202 g/mol. The van der Waals surface area contributed by atoms with E-state index in [-0.39, 0.29) is 5.84 Å². The van der Waals surface area contributed by atoms with Crippen molar-refractivity contribution < 1.29 is 5.21 Å². The topological polar surface area (TPSA) is 70.6 Å². The maximum absolute atomic E-state index is 8.36. The Morgan fingerprint density at radius 3 is 2.75 bits per heavy atom. The van der Waals surface area contributed by atoms with E-state index in [0.717, 1.165) is 13.0 Å². The van der Waals surface area contributed by atoms with Gasteiger partial charge in [0.1, 0.15) is 5.84 Å². The van der Waals surface area contributed by atoms with Crippen molar-refractivity contribution in [2.24, 2.45) is 10.9 Å². The van der Waals surface area contributed by atoms with Gasteiger partial charge < -0.3 is 16.3 Å². The molecule has 4 nitrogen and oxygen atoms in total. The lowest BCUT2D eigenvalue weighted by atomic mass is 10.1. The Morgan fingerprint density at radius 2 is 2.12 bits per heavy atom. The van der Waals surface area contributed by atoms with Gasteiger partial charge in [0.05, 0.1) is 0 Å². The van der Waals surface area contributed by atoms with Crippen LogP contribution in [0.1, 0.15) is 31.4 Å². The van der Waals surface area contributed by atoms with E-state index < -0.39 is 0 Å². The molecule has 0 heterocycles. The lowest BCUT2D eigenvalue weighted by molar-refractivity contribution is 0.316. The standard InChI is InChI=1S/C12H19N3O/c1-10(11-6-3-2-4-7-11)14-9-5-8-12(13)15-16/h2-4,6-7,10,14,16H,5,8-9H2,1H3,(H2,13,15). The number of benzene rings is 1. The Bertz CT molecular complexity index is 324. The van der Waals surface area contributed by atoms with Crippen molar-refractivity contribution in [1.82, 2.24) is 5.32 Å². The molecule has 4 N–H and O–H groups in total. The highest BCUT2D eigenvalue weighted by molar-refractivity contribution is 5.79. The summed E-state index contributed by atoms with van der Waals surface area (Å²) < 4.78 is 0. The van der Waals surface area contributed by atoms with E-state index in [1.807, 2.05) is 18.2 Å². The van der Waals surface area contributed by atoms with E-state index in [9.17, 15) is 0 Å². The molecule has 0 aliphatic heterocycles. The van der Waals surface area contributed by atoms with Crippen LogP contribution in [0.4, 0.5) is 0 Å². The van der Waals surface area contributed by atoms with E-state index in [1.54, 1.807) is 0 Å². The van der Waals surface area contributed by atoms with Gasteiger partial charge in [0.15, 0.2) is 0 Å². The number of hydrogen-bond donors (Lipinski definition) is 3. The second-order valence-corrected chi connectivity index (χ2v) is 3.78. The Balaban J connectivity index is 2.23. The summed E-state index contributed by atoms with van der Waals surface area (Å²) in [4.78, 5) is 0. The fourth-order valence-electron chi connectivity index (χ4n) is 1.50. The summed E-state index contributed by atoms with van der Waals surface area (Å²) in [5, 5.41) is 14.7. The minimum absolute atomic E-state index is 0.286. The lowest BCUT2D eigenvalue weighted by Crippen LogP contribution is -2.21. The van der Waals surface area contributed by atoms with Crippen LogP contribution in [0.5, 0.6) is 0 Å². The van der Waals surface area contributed by atoms with Crippen LogP contribution in [0.25, 0.3) is 0 Å². The third kappa shape index (κ3) is 4.31.